The molecule has 152 valence electrons. The zero-order valence-corrected chi connectivity index (χ0v) is 17.1. The zero-order valence-electron chi connectivity index (χ0n) is 15.5. The molecule has 10 heteroatoms. The summed E-state index contributed by atoms with van der Waals surface area (Å²) in [6.07, 6.45) is 0. The summed E-state index contributed by atoms with van der Waals surface area (Å²) >= 11 is 3.14. The van der Waals surface area contributed by atoms with Crippen molar-refractivity contribution in [2.45, 2.75) is 6.61 Å². The molecule has 0 aliphatic carbocycles. The molecule has 29 heavy (non-hydrogen) atoms. The molecule has 0 amide bonds. The Morgan fingerprint density at radius 3 is 2.69 bits per heavy atom. The Labute approximate surface area is 173 Å². The number of hydrogen-bond donors (Lipinski definition) is 0. The van der Waals surface area contributed by atoms with Gasteiger partial charge in [0.15, 0.2) is 24.8 Å². The second kappa shape index (κ2) is 9.37. The van der Waals surface area contributed by atoms with Crippen LogP contribution < -0.4 is 14.2 Å². The summed E-state index contributed by atoms with van der Waals surface area (Å²) in [5.41, 5.74) is 0.587. The van der Waals surface area contributed by atoms with E-state index in [0.29, 0.717) is 21.5 Å². The molecule has 0 radical (unpaired) electrons. The molecule has 0 unspecified atom stereocenters. The summed E-state index contributed by atoms with van der Waals surface area (Å²) in [6.45, 7) is -0.720. The van der Waals surface area contributed by atoms with Crippen LogP contribution in [0, 0.1) is 5.82 Å². The molecule has 8 nitrogen and oxygen atoms in total. The summed E-state index contributed by atoms with van der Waals surface area (Å²) in [6, 6.07) is 9.36. The Morgan fingerprint density at radius 1 is 1.14 bits per heavy atom. The molecule has 3 rings (SSSR count). The number of aromatic nitrogens is 2. The Balaban J connectivity index is 1.57. The first kappa shape index (κ1) is 20.6. The first-order chi connectivity index (χ1) is 14.0. The lowest BCUT2D eigenvalue weighted by Crippen LogP contribution is -2.15. The average Bonchev–Trinajstić information content (AvgIpc) is 3.20. The van der Waals surface area contributed by atoms with Crippen LogP contribution in [0.25, 0.3) is 11.4 Å². The van der Waals surface area contributed by atoms with E-state index in [1.807, 2.05) is 0 Å². The van der Waals surface area contributed by atoms with Crippen LogP contribution in [0.2, 0.25) is 0 Å². The first-order valence-corrected chi connectivity index (χ1v) is 9.08. The summed E-state index contributed by atoms with van der Waals surface area (Å²) in [5, 5.41) is 3.86. The lowest BCUT2D eigenvalue weighted by atomic mass is 10.2. The van der Waals surface area contributed by atoms with Crippen LogP contribution in [0.5, 0.6) is 17.2 Å². The molecule has 0 bridgehead atoms. The van der Waals surface area contributed by atoms with E-state index in [9.17, 15) is 9.18 Å². The van der Waals surface area contributed by atoms with Crippen LogP contribution in [0.3, 0.4) is 0 Å². The molecule has 0 aliphatic heterocycles. The van der Waals surface area contributed by atoms with Crippen LogP contribution >= 0.6 is 15.9 Å². The van der Waals surface area contributed by atoms with E-state index in [2.05, 4.69) is 26.1 Å². The third kappa shape index (κ3) is 5.23. The highest BCUT2D eigenvalue weighted by Crippen LogP contribution is 2.31. The molecule has 0 atom stereocenters. The smallest absolute Gasteiger partial charge is 0.344 e. The van der Waals surface area contributed by atoms with E-state index in [4.69, 9.17) is 23.5 Å². The minimum absolute atomic E-state index is 0.0585. The highest BCUT2D eigenvalue weighted by atomic mass is 79.9. The van der Waals surface area contributed by atoms with Gasteiger partial charge in [0.05, 0.1) is 19.8 Å². The number of methoxy groups -OCH3 is 2. The molecule has 1 aromatic heterocycles. The zero-order chi connectivity index (χ0) is 20.8. The maximum Gasteiger partial charge on any atom is 0.344 e. The number of nitrogens with zero attached hydrogens (tertiary/aromatic N) is 2. The highest BCUT2D eigenvalue weighted by Gasteiger charge is 2.16. The van der Waals surface area contributed by atoms with Crippen molar-refractivity contribution in [3.63, 3.8) is 0 Å². The quantitative estimate of drug-likeness (QED) is 0.463. The van der Waals surface area contributed by atoms with Gasteiger partial charge in [0.2, 0.25) is 5.82 Å². The van der Waals surface area contributed by atoms with Gasteiger partial charge in [-0.1, -0.05) is 21.1 Å². The molecule has 0 aliphatic rings. The molecule has 3 aromatic rings. The van der Waals surface area contributed by atoms with Gasteiger partial charge >= 0.3 is 5.97 Å². The largest absolute Gasteiger partial charge is 0.497 e. The fraction of sp³-hybridized carbons (Fsp3) is 0.211. The van der Waals surface area contributed by atoms with E-state index in [0.717, 1.165) is 0 Å². The Hall–Kier alpha value is -3.14. The van der Waals surface area contributed by atoms with Crippen molar-refractivity contribution in [2.75, 3.05) is 20.8 Å². The van der Waals surface area contributed by atoms with Crippen molar-refractivity contribution >= 4 is 21.9 Å². The lowest BCUT2D eigenvalue weighted by molar-refractivity contribution is -0.148. The Kier molecular flexibility index (Phi) is 6.65. The normalized spacial score (nSPS) is 10.5. The predicted molar refractivity (Wildman–Crippen MR) is 102 cm³/mol. The van der Waals surface area contributed by atoms with Gasteiger partial charge in [-0.3, -0.25) is 0 Å². The van der Waals surface area contributed by atoms with Crippen LogP contribution in [0.15, 0.2) is 45.4 Å². The number of benzene rings is 2. The summed E-state index contributed by atoms with van der Waals surface area (Å²) in [4.78, 5) is 16.0. The van der Waals surface area contributed by atoms with Crippen LogP contribution in [-0.4, -0.2) is 36.9 Å². The summed E-state index contributed by atoms with van der Waals surface area (Å²) in [7, 11) is 3.05. The number of rotatable bonds is 8. The standard InChI is InChI=1S/C19H16BrFN2O6/c1-25-12-4-5-13(16(8-12)26-2)19-22-17(29-23-19)9-28-18(24)10-27-15-6-3-11(20)7-14(15)21/h3-8H,9-10H2,1-2H3. The molecule has 0 fully saturated rings. The highest BCUT2D eigenvalue weighted by molar-refractivity contribution is 9.10. The van der Waals surface area contributed by atoms with Crippen molar-refractivity contribution in [2.24, 2.45) is 0 Å². The molecule has 0 saturated heterocycles. The molecule has 0 spiro atoms. The minimum Gasteiger partial charge on any atom is -0.497 e. The maximum absolute atomic E-state index is 13.7. The average molecular weight is 467 g/mol. The third-order valence-electron chi connectivity index (χ3n) is 3.71. The first-order valence-electron chi connectivity index (χ1n) is 8.28. The van der Waals surface area contributed by atoms with Gasteiger partial charge in [-0.2, -0.15) is 4.98 Å². The van der Waals surface area contributed by atoms with Gasteiger partial charge in [0, 0.05) is 10.5 Å². The number of halogens is 2. The van der Waals surface area contributed by atoms with E-state index in [-0.39, 0.29) is 24.1 Å². The van der Waals surface area contributed by atoms with Crippen LogP contribution in [0.4, 0.5) is 4.39 Å². The molecule has 2 aromatic carbocycles. The number of carbonyl (C=O) groups is 1. The maximum atomic E-state index is 13.7. The van der Waals surface area contributed by atoms with E-state index >= 15 is 0 Å². The van der Waals surface area contributed by atoms with E-state index in [1.165, 1.54) is 19.2 Å². The monoisotopic (exact) mass is 466 g/mol. The van der Waals surface area contributed by atoms with Gasteiger partial charge < -0.3 is 23.5 Å². The van der Waals surface area contributed by atoms with Gasteiger partial charge in [0.1, 0.15) is 11.5 Å². The van der Waals surface area contributed by atoms with Crippen LogP contribution in [-0.2, 0) is 16.1 Å². The number of carbonyl (C=O) groups excluding carboxylic acids is 1. The Bertz CT molecular complexity index is 1010. The fourth-order valence-corrected chi connectivity index (χ4v) is 2.65. The SMILES string of the molecule is COc1ccc(-c2noc(COC(=O)COc3ccc(Br)cc3F)n2)c(OC)c1. The molecular weight excluding hydrogens is 451 g/mol. The molecular formula is C19H16BrFN2O6. The van der Waals surface area contributed by atoms with E-state index < -0.39 is 18.4 Å². The second-order valence-electron chi connectivity index (χ2n) is 5.60. The lowest BCUT2D eigenvalue weighted by Gasteiger charge is -2.07. The van der Waals surface area contributed by atoms with Gasteiger partial charge in [-0.15, -0.1) is 0 Å². The second-order valence-corrected chi connectivity index (χ2v) is 6.52. The molecule has 0 N–H and O–H groups in total. The number of esters is 1. The van der Waals surface area contributed by atoms with Crippen molar-refractivity contribution in [1.82, 2.24) is 10.1 Å². The van der Waals surface area contributed by atoms with Crippen molar-refractivity contribution < 1.29 is 32.7 Å². The van der Waals surface area contributed by atoms with Gasteiger partial charge in [-0.25, -0.2) is 9.18 Å². The molecule has 1 heterocycles. The van der Waals surface area contributed by atoms with Crippen LogP contribution in [0.1, 0.15) is 5.89 Å². The minimum atomic E-state index is -0.714. The Morgan fingerprint density at radius 2 is 1.97 bits per heavy atom. The third-order valence-corrected chi connectivity index (χ3v) is 4.21. The number of ether oxygens (including phenoxy) is 4. The van der Waals surface area contributed by atoms with Crippen molar-refractivity contribution in [1.29, 1.82) is 0 Å². The topological polar surface area (TPSA) is 92.9 Å². The number of hydrogen-bond acceptors (Lipinski definition) is 8. The van der Waals surface area contributed by atoms with E-state index in [1.54, 1.807) is 31.4 Å². The van der Waals surface area contributed by atoms with Crippen molar-refractivity contribution in [3.05, 3.63) is 52.6 Å². The van der Waals surface area contributed by atoms with Gasteiger partial charge in [0.25, 0.3) is 5.89 Å². The summed E-state index contributed by atoms with van der Waals surface area (Å²) in [5.74, 6) is 0.0990. The predicted octanol–water partition coefficient (Wildman–Crippen LogP) is 3.78. The summed E-state index contributed by atoms with van der Waals surface area (Å²) < 4.78 is 39.9. The fourth-order valence-electron chi connectivity index (χ4n) is 2.32. The molecule has 0 saturated carbocycles. The van der Waals surface area contributed by atoms with Gasteiger partial charge in [-0.05, 0) is 30.3 Å². The van der Waals surface area contributed by atoms with Crippen molar-refractivity contribution in [3.8, 4) is 28.6 Å².